The average Bonchev–Trinajstić information content (AvgIpc) is 3.39. The lowest BCUT2D eigenvalue weighted by atomic mass is 9.95. The molecule has 3 aromatic rings. The van der Waals surface area contributed by atoms with Crippen molar-refractivity contribution < 1.29 is 28.7 Å². The molecule has 0 bridgehead atoms. The van der Waals surface area contributed by atoms with Gasteiger partial charge in [-0.15, -0.1) is 0 Å². The van der Waals surface area contributed by atoms with Crippen molar-refractivity contribution in [3.05, 3.63) is 76.0 Å². The van der Waals surface area contributed by atoms with Crippen molar-refractivity contribution in [3.63, 3.8) is 0 Å². The molecule has 1 saturated heterocycles. The molecule has 1 unspecified atom stereocenters. The smallest absolute Gasteiger partial charge is 0.301 e. The van der Waals surface area contributed by atoms with Crippen LogP contribution in [0, 0.1) is 6.92 Å². The van der Waals surface area contributed by atoms with Gasteiger partial charge in [-0.25, -0.2) is 0 Å². The van der Waals surface area contributed by atoms with Crippen LogP contribution in [0.2, 0.25) is 5.02 Å². The molecule has 1 aromatic heterocycles. The number of ether oxygens (including phenoxy) is 2. The molecular weight excluding hydrogens is 472 g/mol. The van der Waals surface area contributed by atoms with Crippen molar-refractivity contribution in [2.24, 2.45) is 0 Å². The minimum absolute atomic E-state index is 0.0836. The third kappa shape index (κ3) is 4.74. The molecule has 2 aromatic carbocycles. The van der Waals surface area contributed by atoms with E-state index in [0.717, 1.165) is 12.8 Å². The minimum atomic E-state index is -0.978. The lowest BCUT2D eigenvalue weighted by Crippen LogP contribution is -2.29. The molecule has 1 aliphatic heterocycles. The second kappa shape index (κ2) is 10.2. The number of aromatic nitrogens is 1. The Morgan fingerprint density at radius 1 is 1.14 bits per heavy atom. The largest absolute Gasteiger partial charge is 0.507 e. The minimum Gasteiger partial charge on any atom is -0.507 e. The molecule has 1 amide bonds. The number of aliphatic hydroxyl groups is 1. The molecule has 9 heteroatoms. The van der Waals surface area contributed by atoms with E-state index >= 15 is 0 Å². The van der Waals surface area contributed by atoms with Crippen molar-refractivity contribution in [3.8, 4) is 11.5 Å². The van der Waals surface area contributed by atoms with Crippen LogP contribution < -0.4 is 14.4 Å². The summed E-state index contributed by atoms with van der Waals surface area (Å²) >= 11 is 5.98. The van der Waals surface area contributed by atoms with Gasteiger partial charge in [-0.2, -0.15) is 0 Å². The number of amides is 1. The predicted molar refractivity (Wildman–Crippen MR) is 131 cm³/mol. The number of aliphatic hydroxyl groups excluding tert-OH is 1. The van der Waals surface area contributed by atoms with E-state index in [-0.39, 0.29) is 17.2 Å². The van der Waals surface area contributed by atoms with Crippen molar-refractivity contribution in [2.45, 2.75) is 32.7 Å². The Labute approximate surface area is 207 Å². The molecule has 0 radical (unpaired) electrons. The third-order valence-electron chi connectivity index (χ3n) is 5.68. The molecule has 4 rings (SSSR count). The number of anilines is 1. The first kappa shape index (κ1) is 24.3. The zero-order valence-electron chi connectivity index (χ0n) is 19.6. The number of hydrogen-bond donors (Lipinski definition) is 1. The number of rotatable bonds is 8. The number of unbranched alkanes of at least 4 members (excludes halogenated alkanes) is 1. The van der Waals surface area contributed by atoms with Crippen LogP contribution in [-0.2, 0) is 9.59 Å². The summed E-state index contributed by atoms with van der Waals surface area (Å²) in [6.07, 6.45) is 1.87. The normalized spacial score (nSPS) is 17.1. The monoisotopic (exact) mass is 496 g/mol. The summed E-state index contributed by atoms with van der Waals surface area (Å²) in [5, 5.41) is 15.6. The number of hydrogen-bond acceptors (Lipinski definition) is 7. The van der Waals surface area contributed by atoms with Gasteiger partial charge in [-0.1, -0.05) is 36.2 Å². The maximum atomic E-state index is 13.2. The fourth-order valence-corrected chi connectivity index (χ4v) is 4.04. The van der Waals surface area contributed by atoms with Crippen molar-refractivity contribution in [1.82, 2.24) is 5.16 Å². The van der Waals surface area contributed by atoms with Gasteiger partial charge in [-0.05, 0) is 55.3 Å². The summed E-state index contributed by atoms with van der Waals surface area (Å²) < 4.78 is 16.5. The number of benzene rings is 2. The molecule has 1 N–H and O–H groups in total. The van der Waals surface area contributed by atoms with Crippen LogP contribution in [0.5, 0.6) is 11.5 Å². The van der Waals surface area contributed by atoms with Crippen molar-refractivity contribution in [2.75, 3.05) is 18.6 Å². The highest BCUT2D eigenvalue weighted by molar-refractivity contribution is 6.51. The first-order chi connectivity index (χ1) is 16.8. The summed E-state index contributed by atoms with van der Waals surface area (Å²) in [6.45, 7) is 4.28. The molecule has 0 aliphatic carbocycles. The fraction of sp³-hybridized carbons (Fsp3) is 0.269. The highest BCUT2D eigenvalue weighted by Gasteiger charge is 2.48. The van der Waals surface area contributed by atoms with E-state index in [0.29, 0.717) is 40.0 Å². The highest BCUT2D eigenvalue weighted by Crippen LogP contribution is 2.44. The van der Waals surface area contributed by atoms with Crippen molar-refractivity contribution >= 4 is 34.9 Å². The van der Waals surface area contributed by atoms with Crippen LogP contribution in [0.4, 0.5) is 5.82 Å². The molecule has 1 aliphatic rings. The summed E-state index contributed by atoms with van der Waals surface area (Å²) in [7, 11) is 1.51. The Morgan fingerprint density at radius 2 is 1.89 bits per heavy atom. The van der Waals surface area contributed by atoms with Gasteiger partial charge in [0.05, 0.1) is 25.3 Å². The summed E-state index contributed by atoms with van der Waals surface area (Å²) in [5.41, 5.74) is 0.792. The molecule has 0 saturated carbocycles. The van der Waals surface area contributed by atoms with Gasteiger partial charge in [0.25, 0.3) is 5.78 Å². The maximum absolute atomic E-state index is 13.2. The quantitative estimate of drug-likeness (QED) is 0.191. The van der Waals surface area contributed by atoms with Gasteiger partial charge in [0.2, 0.25) is 0 Å². The topological polar surface area (TPSA) is 102 Å². The molecule has 1 fully saturated rings. The molecule has 182 valence electrons. The number of aryl methyl sites for hydroxylation is 1. The summed E-state index contributed by atoms with van der Waals surface area (Å²) in [6, 6.07) is 12.1. The van der Waals surface area contributed by atoms with Crippen LogP contribution in [0.1, 0.15) is 42.7 Å². The SMILES string of the molecule is CCCCOc1ccc(C2C(=C(O)c3ccc(Cl)cc3)C(=O)C(=O)N2c2cc(C)on2)cc1OC. The number of carbonyl (C=O) groups excluding carboxylic acids is 2. The van der Waals surface area contributed by atoms with E-state index in [1.807, 2.05) is 0 Å². The number of nitrogens with zero attached hydrogens (tertiary/aromatic N) is 2. The zero-order chi connectivity index (χ0) is 25.1. The third-order valence-corrected chi connectivity index (χ3v) is 5.94. The molecule has 35 heavy (non-hydrogen) atoms. The van der Waals surface area contributed by atoms with E-state index < -0.39 is 17.7 Å². The molecule has 8 nitrogen and oxygen atoms in total. The first-order valence-electron chi connectivity index (χ1n) is 11.2. The van der Waals surface area contributed by atoms with E-state index in [1.165, 1.54) is 12.0 Å². The van der Waals surface area contributed by atoms with Crippen LogP contribution in [0.15, 0.2) is 58.6 Å². The van der Waals surface area contributed by atoms with Crippen LogP contribution in [0.3, 0.4) is 0 Å². The molecule has 0 spiro atoms. The van der Waals surface area contributed by atoms with E-state index in [9.17, 15) is 14.7 Å². The predicted octanol–water partition coefficient (Wildman–Crippen LogP) is 5.45. The number of methoxy groups -OCH3 is 1. The van der Waals surface area contributed by atoms with E-state index in [2.05, 4.69) is 12.1 Å². The second-order valence-electron chi connectivity index (χ2n) is 8.08. The van der Waals surface area contributed by atoms with E-state index in [1.54, 1.807) is 55.5 Å². The highest BCUT2D eigenvalue weighted by atomic mass is 35.5. The molecule has 2 heterocycles. The fourth-order valence-electron chi connectivity index (χ4n) is 3.91. The number of Topliss-reactive ketones (excluding diaryl/α,β-unsaturated/α-hetero) is 1. The van der Waals surface area contributed by atoms with E-state index in [4.69, 9.17) is 25.6 Å². The van der Waals surface area contributed by atoms with Gasteiger partial charge in [0, 0.05) is 16.7 Å². The Balaban J connectivity index is 1.87. The van der Waals surface area contributed by atoms with Gasteiger partial charge in [-0.3, -0.25) is 14.5 Å². The number of carbonyl (C=O) groups is 2. The Morgan fingerprint density at radius 3 is 2.51 bits per heavy atom. The standard InChI is InChI=1S/C26H25ClN2O6/c1-4-5-12-34-19-11-8-17(14-20(19)33-3)23-22(24(30)16-6-9-18(27)10-7-16)25(31)26(32)29(23)21-13-15(2)35-28-21/h6-11,13-14,23,30H,4-5,12H2,1-3H3. The lowest BCUT2D eigenvalue weighted by molar-refractivity contribution is -0.132. The van der Waals surface area contributed by atoms with Gasteiger partial charge < -0.3 is 19.1 Å². The zero-order valence-corrected chi connectivity index (χ0v) is 20.3. The van der Waals surface area contributed by atoms with Crippen LogP contribution in [0.25, 0.3) is 5.76 Å². The Hall–Kier alpha value is -3.78. The second-order valence-corrected chi connectivity index (χ2v) is 8.52. The molecular formula is C26H25ClN2O6. The average molecular weight is 497 g/mol. The first-order valence-corrected chi connectivity index (χ1v) is 11.5. The summed E-state index contributed by atoms with van der Waals surface area (Å²) in [5.74, 6) is -0.396. The Bertz CT molecular complexity index is 1280. The van der Waals surface area contributed by atoms with Crippen molar-refractivity contribution in [1.29, 1.82) is 0 Å². The molecule has 1 atom stereocenters. The van der Waals surface area contributed by atoms with Gasteiger partial charge >= 0.3 is 5.91 Å². The number of ketones is 1. The Kier molecular flexibility index (Phi) is 7.12. The van der Waals surface area contributed by atoms with Crippen LogP contribution >= 0.6 is 11.6 Å². The van der Waals surface area contributed by atoms with Crippen LogP contribution in [-0.4, -0.2) is 35.7 Å². The number of halogens is 1. The lowest BCUT2D eigenvalue weighted by Gasteiger charge is -2.23. The summed E-state index contributed by atoms with van der Waals surface area (Å²) in [4.78, 5) is 27.6. The van der Waals surface area contributed by atoms with Gasteiger partial charge in [0.15, 0.2) is 17.3 Å². The van der Waals surface area contributed by atoms with Gasteiger partial charge in [0.1, 0.15) is 11.5 Å². The maximum Gasteiger partial charge on any atom is 0.301 e.